The highest BCUT2D eigenvalue weighted by molar-refractivity contribution is 5.77. The van der Waals surface area contributed by atoms with E-state index in [1.54, 1.807) is 9.80 Å². The predicted molar refractivity (Wildman–Crippen MR) is 111 cm³/mol. The first kappa shape index (κ1) is 21.6. The fourth-order valence-corrected chi connectivity index (χ4v) is 4.32. The summed E-state index contributed by atoms with van der Waals surface area (Å²) in [6, 6.07) is 8.78. The number of likely N-dealkylation sites (tertiary alicyclic amines) is 1. The molecule has 0 spiro atoms. The van der Waals surface area contributed by atoms with Crippen molar-refractivity contribution >= 4 is 12.0 Å². The number of carbonyl (C=O) groups excluding carboxylic acids is 2. The number of piperazine rings is 1. The maximum absolute atomic E-state index is 12.5. The van der Waals surface area contributed by atoms with Crippen molar-refractivity contribution in [2.24, 2.45) is 0 Å². The number of carbonyl (C=O) groups is 2. The van der Waals surface area contributed by atoms with Gasteiger partial charge in [-0.05, 0) is 32.3 Å². The lowest BCUT2D eigenvalue weighted by Crippen LogP contribution is -3.28. The SMILES string of the molecule is CCOC(=O)N1CCC(NC(=O)C[NH+]2CC[NH+](Cc3ccccc3C)CC2)CC1. The van der Waals surface area contributed by atoms with Crippen molar-refractivity contribution in [3.8, 4) is 0 Å². The number of quaternary nitrogens is 2. The normalized spacial score (nSPS) is 22.9. The van der Waals surface area contributed by atoms with E-state index in [2.05, 4.69) is 36.5 Å². The third-order valence-electron chi connectivity index (χ3n) is 6.16. The van der Waals surface area contributed by atoms with Gasteiger partial charge in [-0.15, -0.1) is 0 Å². The van der Waals surface area contributed by atoms with Crippen molar-refractivity contribution in [2.75, 3.05) is 52.4 Å². The Morgan fingerprint density at radius 3 is 2.41 bits per heavy atom. The molecule has 1 aromatic rings. The molecule has 0 saturated carbocycles. The van der Waals surface area contributed by atoms with Crippen molar-refractivity contribution in [1.29, 1.82) is 0 Å². The van der Waals surface area contributed by atoms with E-state index < -0.39 is 0 Å². The third-order valence-corrected chi connectivity index (χ3v) is 6.16. The van der Waals surface area contributed by atoms with Gasteiger partial charge in [-0.3, -0.25) is 4.79 Å². The van der Waals surface area contributed by atoms with Crippen LogP contribution in [0.2, 0.25) is 0 Å². The van der Waals surface area contributed by atoms with Gasteiger partial charge in [0.25, 0.3) is 5.91 Å². The molecule has 7 heteroatoms. The predicted octanol–water partition coefficient (Wildman–Crippen LogP) is -0.984. The molecule has 2 fully saturated rings. The molecule has 3 rings (SSSR count). The van der Waals surface area contributed by atoms with E-state index >= 15 is 0 Å². The maximum atomic E-state index is 12.5. The number of ether oxygens (including phenoxy) is 1. The van der Waals surface area contributed by atoms with E-state index in [9.17, 15) is 9.59 Å². The molecule has 2 aliphatic rings. The van der Waals surface area contributed by atoms with Crippen LogP contribution >= 0.6 is 0 Å². The molecule has 2 heterocycles. The second-order valence-electron chi connectivity index (χ2n) is 8.31. The Bertz CT molecular complexity index is 680. The van der Waals surface area contributed by atoms with Crippen molar-refractivity contribution in [3.05, 3.63) is 35.4 Å². The summed E-state index contributed by atoms with van der Waals surface area (Å²) >= 11 is 0. The molecule has 1 aromatic carbocycles. The van der Waals surface area contributed by atoms with Gasteiger partial charge >= 0.3 is 6.09 Å². The molecular weight excluding hydrogens is 368 g/mol. The van der Waals surface area contributed by atoms with Crippen LogP contribution in [0.25, 0.3) is 0 Å². The largest absolute Gasteiger partial charge is 0.450 e. The number of amides is 2. The van der Waals surface area contributed by atoms with Gasteiger partial charge in [0, 0.05) is 24.7 Å². The minimum atomic E-state index is -0.243. The van der Waals surface area contributed by atoms with Crippen LogP contribution in [-0.4, -0.2) is 75.4 Å². The molecule has 2 saturated heterocycles. The quantitative estimate of drug-likeness (QED) is 0.571. The molecule has 0 aliphatic carbocycles. The number of nitrogens with zero attached hydrogens (tertiary/aromatic N) is 1. The minimum absolute atomic E-state index is 0.136. The third kappa shape index (κ3) is 6.44. The van der Waals surface area contributed by atoms with Crippen LogP contribution in [0.1, 0.15) is 30.9 Å². The van der Waals surface area contributed by atoms with Gasteiger partial charge in [-0.25, -0.2) is 4.79 Å². The second kappa shape index (κ2) is 10.6. The average Bonchev–Trinajstić information content (AvgIpc) is 2.72. The van der Waals surface area contributed by atoms with E-state index in [4.69, 9.17) is 4.74 Å². The summed E-state index contributed by atoms with van der Waals surface area (Å²) in [4.78, 5) is 28.9. The van der Waals surface area contributed by atoms with Gasteiger partial charge in [0.1, 0.15) is 32.7 Å². The zero-order valence-corrected chi connectivity index (χ0v) is 17.8. The lowest BCUT2D eigenvalue weighted by atomic mass is 10.1. The molecule has 160 valence electrons. The van der Waals surface area contributed by atoms with Crippen molar-refractivity contribution < 1.29 is 24.1 Å². The van der Waals surface area contributed by atoms with E-state index in [1.165, 1.54) is 16.0 Å². The van der Waals surface area contributed by atoms with Gasteiger partial charge in [0.2, 0.25) is 0 Å². The minimum Gasteiger partial charge on any atom is -0.450 e. The van der Waals surface area contributed by atoms with Crippen molar-refractivity contribution in [1.82, 2.24) is 10.2 Å². The van der Waals surface area contributed by atoms with E-state index in [0.29, 0.717) is 26.2 Å². The van der Waals surface area contributed by atoms with Gasteiger partial charge in [-0.2, -0.15) is 0 Å². The second-order valence-corrected chi connectivity index (χ2v) is 8.31. The summed E-state index contributed by atoms with van der Waals surface area (Å²) in [5.41, 5.74) is 2.79. The number of benzene rings is 1. The molecule has 0 aromatic heterocycles. The molecule has 0 atom stereocenters. The molecule has 7 nitrogen and oxygen atoms in total. The summed E-state index contributed by atoms with van der Waals surface area (Å²) in [5, 5.41) is 3.17. The Balaban J connectivity index is 1.34. The molecule has 0 radical (unpaired) electrons. The van der Waals surface area contributed by atoms with Crippen LogP contribution in [0.5, 0.6) is 0 Å². The highest BCUT2D eigenvalue weighted by Crippen LogP contribution is 2.11. The fourth-order valence-electron chi connectivity index (χ4n) is 4.32. The number of rotatable bonds is 6. The zero-order valence-electron chi connectivity index (χ0n) is 17.8. The van der Waals surface area contributed by atoms with Gasteiger partial charge in [0.15, 0.2) is 6.54 Å². The number of piperidine rings is 1. The number of nitrogens with one attached hydrogen (secondary N) is 3. The average molecular weight is 405 g/mol. The first-order chi connectivity index (χ1) is 14.0. The Morgan fingerprint density at radius 1 is 1.10 bits per heavy atom. The molecular formula is C22H36N4O3+2. The summed E-state index contributed by atoms with van der Waals surface area (Å²) in [6.45, 7) is 11.6. The highest BCUT2D eigenvalue weighted by atomic mass is 16.6. The summed E-state index contributed by atoms with van der Waals surface area (Å²) < 4.78 is 5.05. The van der Waals surface area contributed by atoms with E-state index in [1.807, 2.05) is 6.92 Å². The van der Waals surface area contributed by atoms with E-state index in [0.717, 1.165) is 45.6 Å². The monoisotopic (exact) mass is 404 g/mol. The number of aryl methyl sites for hydroxylation is 1. The molecule has 29 heavy (non-hydrogen) atoms. The Kier molecular flexibility index (Phi) is 7.89. The van der Waals surface area contributed by atoms with Crippen LogP contribution in [0.4, 0.5) is 4.79 Å². The lowest BCUT2D eigenvalue weighted by Gasteiger charge is -2.32. The maximum Gasteiger partial charge on any atom is 0.409 e. The number of hydrogen-bond donors (Lipinski definition) is 3. The smallest absolute Gasteiger partial charge is 0.409 e. The zero-order chi connectivity index (χ0) is 20.6. The summed E-state index contributed by atoms with van der Waals surface area (Å²) in [6.07, 6.45) is 1.36. The van der Waals surface area contributed by atoms with E-state index in [-0.39, 0.29) is 18.0 Å². The van der Waals surface area contributed by atoms with Crippen molar-refractivity contribution in [3.63, 3.8) is 0 Å². The lowest BCUT2D eigenvalue weighted by molar-refractivity contribution is -1.02. The standard InChI is InChI=1S/C22H34N4O3/c1-3-29-22(28)26-10-8-20(9-11-26)23-21(27)17-25-14-12-24(13-15-25)16-19-7-5-4-6-18(19)2/h4-7,20H,3,8-17H2,1-2H3,(H,23,27)/p+2. The summed E-state index contributed by atoms with van der Waals surface area (Å²) in [5.74, 6) is 0.136. The van der Waals surface area contributed by atoms with Crippen LogP contribution in [-0.2, 0) is 16.1 Å². The number of hydrogen-bond acceptors (Lipinski definition) is 3. The van der Waals surface area contributed by atoms with Crippen LogP contribution in [0, 0.1) is 6.92 Å². The van der Waals surface area contributed by atoms with Crippen molar-refractivity contribution in [2.45, 2.75) is 39.3 Å². The molecule has 2 amide bonds. The van der Waals surface area contributed by atoms with Crippen LogP contribution in [0.3, 0.4) is 0 Å². The van der Waals surface area contributed by atoms with Gasteiger partial charge < -0.3 is 24.8 Å². The Labute approximate surface area is 174 Å². The van der Waals surface area contributed by atoms with Gasteiger partial charge in [-0.1, -0.05) is 24.3 Å². The van der Waals surface area contributed by atoms with Crippen LogP contribution < -0.4 is 15.1 Å². The topological polar surface area (TPSA) is 67.5 Å². The first-order valence-corrected chi connectivity index (χ1v) is 11.0. The Morgan fingerprint density at radius 2 is 1.76 bits per heavy atom. The van der Waals surface area contributed by atoms with Crippen LogP contribution in [0.15, 0.2) is 24.3 Å². The van der Waals surface area contributed by atoms with Gasteiger partial charge in [0.05, 0.1) is 6.61 Å². The Hall–Kier alpha value is -2.12. The highest BCUT2D eigenvalue weighted by Gasteiger charge is 2.28. The fraction of sp³-hybridized carbons (Fsp3) is 0.636. The molecule has 0 bridgehead atoms. The molecule has 2 aliphatic heterocycles. The molecule has 3 N–H and O–H groups in total. The summed E-state index contributed by atoms with van der Waals surface area (Å²) in [7, 11) is 0. The first-order valence-electron chi connectivity index (χ1n) is 11.0. The molecule has 0 unspecified atom stereocenters.